The van der Waals surface area contributed by atoms with Crippen LogP contribution in [0, 0.1) is 0 Å². The molecule has 0 aliphatic carbocycles. The number of fused-ring (bicyclic) bond motifs is 1. The fourth-order valence-electron chi connectivity index (χ4n) is 2.18. The van der Waals surface area contributed by atoms with Crippen LogP contribution in [-0.2, 0) is 11.2 Å². The van der Waals surface area contributed by atoms with Gasteiger partial charge in [0.25, 0.3) is 0 Å². The molecule has 1 aromatic rings. The van der Waals surface area contributed by atoms with Crippen molar-refractivity contribution >= 4 is 5.97 Å². The minimum atomic E-state index is -0.865. The van der Waals surface area contributed by atoms with Gasteiger partial charge in [0.15, 0.2) is 11.5 Å². The lowest BCUT2D eigenvalue weighted by Gasteiger charge is -2.19. The van der Waals surface area contributed by atoms with Crippen LogP contribution in [0.4, 0.5) is 0 Å². The summed E-state index contributed by atoms with van der Waals surface area (Å²) in [4.78, 5) is 10.6. The molecule has 1 aromatic carbocycles. The molecule has 0 amide bonds. The van der Waals surface area contributed by atoms with Crippen LogP contribution in [0.3, 0.4) is 0 Å². The molecule has 0 aromatic heterocycles. The highest BCUT2D eigenvalue weighted by Crippen LogP contribution is 2.42. The molecule has 1 N–H and O–H groups in total. The number of carboxylic acid groups (broad SMARTS) is 1. The van der Waals surface area contributed by atoms with Crippen LogP contribution in [-0.4, -0.2) is 22.8 Å². The van der Waals surface area contributed by atoms with E-state index in [-0.39, 0.29) is 18.1 Å². The second-order valence-electron chi connectivity index (χ2n) is 5.31. The lowest BCUT2D eigenvalue weighted by Crippen LogP contribution is -2.25. The Hall–Kier alpha value is -1.71. The highest BCUT2D eigenvalue weighted by Gasteiger charge is 2.32. The van der Waals surface area contributed by atoms with Crippen LogP contribution >= 0.6 is 0 Å². The van der Waals surface area contributed by atoms with Crippen LogP contribution in [0.2, 0.25) is 0 Å². The number of carbonyl (C=O) groups is 1. The minimum absolute atomic E-state index is 0.0208. The summed E-state index contributed by atoms with van der Waals surface area (Å²) >= 11 is 0. The van der Waals surface area contributed by atoms with Crippen LogP contribution in [0.5, 0.6) is 11.5 Å². The lowest BCUT2D eigenvalue weighted by atomic mass is 10.0. The molecule has 98 valence electrons. The van der Waals surface area contributed by atoms with Gasteiger partial charge in [-0.3, -0.25) is 4.79 Å². The Bertz CT molecular complexity index is 465. The predicted octanol–water partition coefficient (Wildman–Crippen LogP) is 2.64. The number of hydrogen-bond acceptors (Lipinski definition) is 3. The largest absolute Gasteiger partial charge is 0.486 e. The summed E-state index contributed by atoms with van der Waals surface area (Å²) in [5.74, 6) is 0.517. The molecule has 0 spiro atoms. The average Bonchev–Trinajstić information content (AvgIpc) is 2.52. The van der Waals surface area contributed by atoms with E-state index in [0.29, 0.717) is 5.75 Å². The summed E-state index contributed by atoms with van der Waals surface area (Å²) in [6.45, 7) is 5.79. The van der Waals surface area contributed by atoms with E-state index in [0.717, 1.165) is 17.7 Å². The quantitative estimate of drug-likeness (QED) is 0.892. The molecular formula is C14H18O4. The fourth-order valence-corrected chi connectivity index (χ4v) is 2.18. The van der Waals surface area contributed by atoms with Crippen molar-refractivity contribution in [1.29, 1.82) is 0 Å². The third kappa shape index (κ3) is 2.75. The van der Waals surface area contributed by atoms with Gasteiger partial charge in [0.05, 0.1) is 6.42 Å². The summed E-state index contributed by atoms with van der Waals surface area (Å²) in [5, 5.41) is 8.73. The van der Waals surface area contributed by atoms with E-state index >= 15 is 0 Å². The summed E-state index contributed by atoms with van der Waals surface area (Å²) in [6, 6.07) is 5.74. The van der Waals surface area contributed by atoms with Gasteiger partial charge in [-0.15, -0.1) is 0 Å². The van der Waals surface area contributed by atoms with Crippen molar-refractivity contribution in [2.45, 2.75) is 45.3 Å². The Morgan fingerprint density at radius 1 is 1.56 bits per heavy atom. The molecule has 0 radical (unpaired) electrons. The maximum atomic E-state index is 10.6. The zero-order valence-electron chi connectivity index (χ0n) is 10.9. The Morgan fingerprint density at radius 2 is 2.28 bits per heavy atom. The van der Waals surface area contributed by atoms with Gasteiger partial charge in [0.1, 0.15) is 11.7 Å². The molecule has 1 aliphatic heterocycles. The zero-order valence-corrected chi connectivity index (χ0v) is 10.9. The van der Waals surface area contributed by atoms with Crippen LogP contribution in [0.15, 0.2) is 18.2 Å². The van der Waals surface area contributed by atoms with Gasteiger partial charge < -0.3 is 14.6 Å². The van der Waals surface area contributed by atoms with Crippen molar-refractivity contribution in [3.8, 4) is 11.5 Å². The summed E-state index contributed by atoms with van der Waals surface area (Å²) in [6.07, 6.45) is 0.446. The van der Waals surface area contributed by atoms with Gasteiger partial charge in [0.2, 0.25) is 0 Å². The van der Waals surface area contributed by atoms with Crippen LogP contribution < -0.4 is 9.47 Å². The zero-order chi connectivity index (χ0) is 13.3. The Morgan fingerprint density at radius 3 is 2.94 bits per heavy atom. The summed E-state index contributed by atoms with van der Waals surface area (Å²) in [7, 11) is 0. The highest BCUT2D eigenvalue weighted by atomic mass is 16.5. The van der Waals surface area contributed by atoms with E-state index in [9.17, 15) is 4.79 Å². The molecule has 18 heavy (non-hydrogen) atoms. The average molecular weight is 250 g/mol. The minimum Gasteiger partial charge on any atom is -0.486 e. The monoisotopic (exact) mass is 250 g/mol. The Balaban J connectivity index is 2.17. The number of para-hydroxylation sites is 1. The number of aliphatic carboxylic acids is 1. The van der Waals surface area contributed by atoms with E-state index in [1.54, 1.807) is 6.92 Å². The molecule has 4 heteroatoms. The van der Waals surface area contributed by atoms with E-state index in [1.165, 1.54) is 0 Å². The first kappa shape index (κ1) is 12.7. The molecule has 0 saturated heterocycles. The van der Waals surface area contributed by atoms with Gasteiger partial charge in [-0.1, -0.05) is 12.1 Å². The topological polar surface area (TPSA) is 55.8 Å². The molecule has 2 rings (SSSR count). The number of rotatable bonds is 4. The molecule has 1 heterocycles. The lowest BCUT2D eigenvalue weighted by molar-refractivity contribution is -0.138. The Kier molecular flexibility index (Phi) is 3.20. The second-order valence-corrected chi connectivity index (χ2v) is 5.31. The van der Waals surface area contributed by atoms with Gasteiger partial charge in [-0.25, -0.2) is 0 Å². The van der Waals surface area contributed by atoms with Crippen molar-refractivity contribution in [2.75, 3.05) is 0 Å². The highest BCUT2D eigenvalue weighted by molar-refractivity contribution is 5.67. The Labute approximate surface area is 107 Å². The van der Waals surface area contributed by atoms with E-state index in [2.05, 4.69) is 0 Å². The number of carboxylic acids is 1. The van der Waals surface area contributed by atoms with Crippen molar-refractivity contribution in [3.63, 3.8) is 0 Å². The third-order valence-electron chi connectivity index (χ3n) is 2.85. The van der Waals surface area contributed by atoms with Gasteiger partial charge in [-0.2, -0.15) is 0 Å². The SMILES string of the molecule is C[C@@H](CC(=O)O)Oc1cccc2c1OC(C)(C)C2. The molecule has 0 bridgehead atoms. The first-order chi connectivity index (χ1) is 8.37. The van der Waals surface area contributed by atoms with E-state index in [1.807, 2.05) is 32.0 Å². The second kappa shape index (κ2) is 4.52. The molecule has 1 aliphatic rings. The van der Waals surface area contributed by atoms with E-state index < -0.39 is 5.97 Å². The van der Waals surface area contributed by atoms with Gasteiger partial charge in [0, 0.05) is 12.0 Å². The van der Waals surface area contributed by atoms with Gasteiger partial charge in [-0.05, 0) is 26.8 Å². The number of benzene rings is 1. The first-order valence-corrected chi connectivity index (χ1v) is 6.07. The predicted molar refractivity (Wildman–Crippen MR) is 67.2 cm³/mol. The third-order valence-corrected chi connectivity index (χ3v) is 2.85. The first-order valence-electron chi connectivity index (χ1n) is 6.07. The molecule has 0 unspecified atom stereocenters. The van der Waals surface area contributed by atoms with Crippen LogP contribution in [0.25, 0.3) is 0 Å². The van der Waals surface area contributed by atoms with Gasteiger partial charge >= 0.3 is 5.97 Å². The number of ether oxygens (including phenoxy) is 2. The smallest absolute Gasteiger partial charge is 0.307 e. The van der Waals surface area contributed by atoms with E-state index in [4.69, 9.17) is 14.6 Å². The van der Waals surface area contributed by atoms with Crippen molar-refractivity contribution in [2.24, 2.45) is 0 Å². The molecule has 0 fully saturated rings. The molecular weight excluding hydrogens is 232 g/mol. The fraction of sp³-hybridized carbons (Fsp3) is 0.500. The maximum Gasteiger partial charge on any atom is 0.307 e. The standard InChI is InChI=1S/C14H18O4/c1-9(7-12(15)16)17-11-6-4-5-10-8-14(2,3)18-13(10)11/h4-6,9H,7-8H2,1-3H3,(H,15,16)/t9-/m0/s1. The number of hydrogen-bond donors (Lipinski definition) is 1. The van der Waals surface area contributed by atoms with Crippen LogP contribution in [0.1, 0.15) is 32.8 Å². The normalized spacial score (nSPS) is 17.7. The van der Waals surface area contributed by atoms with Crippen molar-refractivity contribution < 1.29 is 19.4 Å². The van der Waals surface area contributed by atoms with Crippen molar-refractivity contribution in [3.05, 3.63) is 23.8 Å². The molecule has 1 atom stereocenters. The summed E-state index contributed by atoms with van der Waals surface area (Å²) in [5.41, 5.74) is 0.887. The molecule has 4 nitrogen and oxygen atoms in total. The summed E-state index contributed by atoms with van der Waals surface area (Å²) < 4.78 is 11.5. The molecule has 0 saturated carbocycles. The van der Waals surface area contributed by atoms with Crippen molar-refractivity contribution in [1.82, 2.24) is 0 Å². The maximum absolute atomic E-state index is 10.6.